The SMILES string of the molecule is CC1CSCCN1S(=O)(=O)c1cc(CO)n(C(C)C)c1. The first-order valence-corrected chi connectivity index (χ1v) is 9.38. The highest BCUT2D eigenvalue weighted by atomic mass is 32.2. The van der Waals surface area contributed by atoms with Gasteiger partial charge in [0, 0.05) is 42.0 Å². The Morgan fingerprint density at radius 3 is 2.70 bits per heavy atom. The molecule has 0 radical (unpaired) electrons. The number of aliphatic hydroxyl groups excluding tert-OH is 1. The summed E-state index contributed by atoms with van der Waals surface area (Å²) in [5.74, 6) is 1.66. The Balaban J connectivity index is 2.39. The molecule has 1 saturated heterocycles. The van der Waals surface area contributed by atoms with Gasteiger partial charge in [-0.15, -0.1) is 0 Å². The third kappa shape index (κ3) is 2.90. The van der Waals surface area contributed by atoms with Crippen LogP contribution in [-0.2, 0) is 16.6 Å². The summed E-state index contributed by atoms with van der Waals surface area (Å²) in [5.41, 5.74) is 0.637. The van der Waals surface area contributed by atoms with E-state index in [0.29, 0.717) is 12.2 Å². The molecule has 1 aromatic rings. The summed E-state index contributed by atoms with van der Waals surface area (Å²) in [6.07, 6.45) is 1.64. The van der Waals surface area contributed by atoms with Crippen LogP contribution >= 0.6 is 11.8 Å². The average Bonchev–Trinajstić information content (AvgIpc) is 2.84. The van der Waals surface area contributed by atoms with Crippen LogP contribution in [0.1, 0.15) is 32.5 Å². The lowest BCUT2D eigenvalue weighted by atomic mass is 10.3. The van der Waals surface area contributed by atoms with Crippen LogP contribution < -0.4 is 0 Å². The molecule has 0 aromatic carbocycles. The summed E-state index contributed by atoms with van der Waals surface area (Å²) in [6.45, 7) is 6.27. The van der Waals surface area contributed by atoms with Crippen molar-refractivity contribution in [2.45, 2.75) is 44.4 Å². The van der Waals surface area contributed by atoms with E-state index in [1.54, 1.807) is 28.3 Å². The van der Waals surface area contributed by atoms with Gasteiger partial charge in [0.25, 0.3) is 0 Å². The topological polar surface area (TPSA) is 62.5 Å². The van der Waals surface area contributed by atoms with Crippen LogP contribution in [0.5, 0.6) is 0 Å². The van der Waals surface area contributed by atoms with Crippen LogP contribution in [-0.4, -0.2) is 46.5 Å². The second-order valence-electron chi connectivity index (χ2n) is 5.37. The molecule has 1 atom stereocenters. The summed E-state index contributed by atoms with van der Waals surface area (Å²) in [6, 6.07) is 1.72. The highest BCUT2D eigenvalue weighted by molar-refractivity contribution is 7.99. The van der Waals surface area contributed by atoms with Crippen molar-refractivity contribution in [2.75, 3.05) is 18.1 Å². The predicted molar refractivity (Wildman–Crippen MR) is 81.4 cm³/mol. The van der Waals surface area contributed by atoms with Crippen LogP contribution in [0.4, 0.5) is 0 Å². The van der Waals surface area contributed by atoms with E-state index in [9.17, 15) is 13.5 Å². The van der Waals surface area contributed by atoms with E-state index >= 15 is 0 Å². The summed E-state index contributed by atoms with van der Waals surface area (Å²) in [7, 11) is -3.47. The van der Waals surface area contributed by atoms with Crippen molar-refractivity contribution < 1.29 is 13.5 Å². The fourth-order valence-electron chi connectivity index (χ4n) is 2.45. The lowest BCUT2D eigenvalue weighted by Gasteiger charge is -2.31. The zero-order chi connectivity index (χ0) is 14.9. The molecule has 1 unspecified atom stereocenters. The fraction of sp³-hybridized carbons (Fsp3) is 0.692. The summed E-state index contributed by atoms with van der Waals surface area (Å²) in [5, 5.41) is 9.38. The Hall–Kier alpha value is -0.500. The van der Waals surface area contributed by atoms with E-state index in [1.807, 2.05) is 25.3 Å². The second kappa shape index (κ2) is 6.09. The monoisotopic (exact) mass is 318 g/mol. The van der Waals surface area contributed by atoms with Crippen molar-refractivity contribution in [3.63, 3.8) is 0 Å². The third-order valence-electron chi connectivity index (χ3n) is 3.54. The van der Waals surface area contributed by atoms with Gasteiger partial charge in [0.15, 0.2) is 0 Å². The van der Waals surface area contributed by atoms with Gasteiger partial charge in [-0.05, 0) is 26.8 Å². The molecule has 0 spiro atoms. The molecule has 2 rings (SSSR count). The molecule has 5 nitrogen and oxygen atoms in total. The van der Waals surface area contributed by atoms with Gasteiger partial charge < -0.3 is 9.67 Å². The van der Waals surface area contributed by atoms with Crippen molar-refractivity contribution in [1.82, 2.24) is 8.87 Å². The van der Waals surface area contributed by atoms with E-state index in [2.05, 4.69) is 0 Å². The minimum absolute atomic E-state index is 0.0127. The first-order valence-electron chi connectivity index (χ1n) is 6.79. The number of aromatic nitrogens is 1. The Morgan fingerprint density at radius 1 is 1.50 bits per heavy atom. The molecule has 0 saturated carbocycles. The first kappa shape index (κ1) is 15.9. The van der Waals surface area contributed by atoms with Gasteiger partial charge in [-0.3, -0.25) is 0 Å². The number of hydrogen-bond donors (Lipinski definition) is 1. The fourth-order valence-corrected chi connectivity index (χ4v) is 5.36. The predicted octanol–water partition coefficient (Wildman–Crippen LogP) is 1.69. The zero-order valence-corrected chi connectivity index (χ0v) is 13.7. The van der Waals surface area contributed by atoms with Gasteiger partial charge in [0.2, 0.25) is 10.0 Å². The molecule has 0 aliphatic carbocycles. The summed E-state index contributed by atoms with van der Waals surface area (Å²) in [4.78, 5) is 0.286. The van der Waals surface area contributed by atoms with E-state index < -0.39 is 10.0 Å². The minimum Gasteiger partial charge on any atom is -0.390 e. The van der Waals surface area contributed by atoms with Crippen LogP contribution in [0.25, 0.3) is 0 Å². The van der Waals surface area contributed by atoms with Crippen molar-refractivity contribution in [2.24, 2.45) is 0 Å². The molecule has 1 aliphatic heterocycles. The van der Waals surface area contributed by atoms with Gasteiger partial charge in [-0.1, -0.05) is 0 Å². The van der Waals surface area contributed by atoms with Crippen molar-refractivity contribution in [1.29, 1.82) is 0 Å². The van der Waals surface area contributed by atoms with Gasteiger partial charge in [0.05, 0.1) is 6.61 Å². The standard InChI is InChI=1S/C13H22N2O3S2/c1-10(2)14-7-13(6-12(14)8-16)20(17,18)15-4-5-19-9-11(15)3/h6-7,10-11,16H,4-5,8-9H2,1-3H3. The summed E-state index contributed by atoms with van der Waals surface area (Å²) < 4.78 is 28.8. The molecule has 0 amide bonds. The van der Waals surface area contributed by atoms with Crippen molar-refractivity contribution in [3.05, 3.63) is 18.0 Å². The molecule has 0 bridgehead atoms. The van der Waals surface area contributed by atoms with Gasteiger partial charge in [0.1, 0.15) is 4.90 Å². The Bertz CT molecular complexity index is 566. The van der Waals surface area contributed by atoms with E-state index in [-0.39, 0.29) is 23.6 Å². The molecular formula is C13H22N2O3S2. The summed E-state index contributed by atoms with van der Waals surface area (Å²) >= 11 is 1.78. The average molecular weight is 318 g/mol. The number of nitrogens with zero attached hydrogens (tertiary/aromatic N) is 2. The Kier molecular flexibility index (Phi) is 4.84. The van der Waals surface area contributed by atoms with Crippen LogP contribution in [0.3, 0.4) is 0 Å². The molecule has 2 heterocycles. The number of thioether (sulfide) groups is 1. The van der Waals surface area contributed by atoms with E-state index in [0.717, 1.165) is 11.5 Å². The molecule has 20 heavy (non-hydrogen) atoms. The maximum atomic E-state index is 12.7. The normalized spacial score (nSPS) is 21.6. The molecule has 1 fully saturated rings. The van der Waals surface area contributed by atoms with Crippen LogP contribution in [0.2, 0.25) is 0 Å². The van der Waals surface area contributed by atoms with Gasteiger partial charge >= 0.3 is 0 Å². The van der Waals surface area contributed by atoms with E-state index in [4.69, 9.17) is 0 Å². The highest BCUT2D eigenvalue weighted by Crippen LogP contribution is 2.27. The molecule has 1 aliphatic rings. The van der Waals surface area contributed by atoms with E-state index in [1.165, 1.54) is 0 Å². The minimum atomic E-state index is -3.47. The maximum absolute atomic E-state index is 12.7. The van der Waals surface area contributed by atoms with Crippen molar-refractivity contribution in [3.8, 4) is 0 Å². The maximum Gasteiger partial charge on any atom is 0.244 e. The number of rotatable bonds is 4. The van der Waals surface area contributed by atoms with Crippen LogP contribution in [0, 0.1) is 0 Å². The number of aliphatic hydroxyl groups is 1. The third-order valence-corrected chi connectivity index (χ3v) is 6.71. The first-order chi connectivity index (χ1) is 9.37. The van der Waals surface area contributed by atoms with Gasteiger partial charge in [-0.25, -0.2) is 8.42 Å². The lowest BCUT2D eigenvalue weighted by molar-refractivity contribution is 0.268. The molecule has 1 aromatic heterocycles. The highest BCUT2D eigenvalue weighted by Gasteiger charge is 2.32. The largest absolute Gasteiger partial charge is 0.390 e. The van der Waals surface area contributed by atoms with Crippen molar-refractivity contribution >= 4 is 21.8 Å². The van der Waals surface area contributed by atoms with Gasteiger partial charge in [-0.2, -0.15) is 16.1 Å². The lowest BCUT2D eigenvalue weighted by Crippen LogP contribution is -2.44. The Morgan fingerprint density at radius 2 is 2.20 bits per heavy atom. The molecular weight excluding hydrogens is 296 g/mol. The molecule has 7 heteroatoms. The second-order valence-corrected chi connectivity index (χ2v) is 8.41. The zero-order valence-electron chi connectivity index (χ0n) is 12.1. The van der Waals surface area contributed by atoms with Crippen LogP contribution in [0.15, 0.2) is 17.2 Å². The Labute approximate surface area is 125 Å². The molecule has 1 N–H and O–H groups in total. The smallest absolute Gasteiger partial charge is 0.244 e. The molecule has 114 valence electrons. The number of hydrogen-bond acceptors (Lipinski definition) is 4. The number of sulfonamides is 1. The quantitative estimate of drug-likeness (QED) is 0.917.